The Kier molecular flexibility index (Phi) is 4.31. The summed E-state index contributed by atoms with van der Waals surface area (Å²) >= 11 is 0. The average molecular weight is 378 g/mol. The molecule has 2 aromatic carbocycles. The third-order valence-corrected chi connectivity index (χ3v) is 4.98. The number of rotatable bonds is 3. The smallest absolute Gasteiger partial charge is 0.231 e. The van der Waals surface area contributed by atoms with Crippen molar-refractivity contribution in [1.29, 1.82) is 0 Å². The molecule has 1 atom stereocenters. The SMILES string of the molecule is CC(C)(C)c1ccc(C2=CC(N)(Cc3ccc4c(c3)OCO4)NC(N)=N2)cc1. The van der Waals surface area contributed by atoms with Gasteiger partial charge in [0.1, 0.15) is 5.66 Å². The molecule has 0 saturated carbocycles. The van der Waals surface area contributed by atoms with Gasteiger partial charge in [0.25, 0.3) is 0 Å². The van der Waals surface area contributed by atoms with Gasteiger partial charge in [-0.15, -0.1) is 0 Å². The Morgan fingerprint density at radius 2 is 1.79 bits per heavy atom. The van der Waals surface area contributed by atoms with Crippen LogP contribution in [-0.2, 0) is 11.8 Å². The molecule has 0 radical (unpaired) electrons. The first-order chi connectivity index (χ1) is 13.2. The highest BCUT2D eigenvalue weighted by Gasteiger charge is 2.29. The third-order valence-electron chi connectivity index (χ3n) is 4.98. The minimum Gasteiger partial charge on any atom is -0.454 e. The molecule has 5 N–H and O–H groups in total. The normalized spacial score (nSPS) is 21.0. The fraction of sp³-hybridized carbons (Fsp3) is 0.318. The maximum absolute atomic E-state index is 6.63. The van der Waals surface area contributed by atoms with E-state index < -0.39 is 5.66 Å². The zero-order valence-electron chi connectivity index (χ0n) is 16.5. The Labute approximate surface area is 165 Å². The van der Waals surface area contributed by atoms with E-state index in [2.05, 4.69) is 55.3 Å². The summed E-state index contributed by atoms with van der Waals surface area (Å²) in [6.45, 7) is 6.83. The van der Waals surface area contributed by atoms with Crippen LogP contribution >= 0.6 is 0 Å². The van der Waals surface area contributed by atoms with Crippen LogP contribution in [0.5, 0.6) is 11.5 Å². The van der Waals surface area contributed by atoms with E-state index in [0.29, 0.717) is 12.4 Å². The highest BCUT2D eigenvalue weighted by molar-refractivity contribution is 5.88. The Morgan fingerprint density at radius 1 is 1.07 bits per heavy atom. The second-order valence-corrected chi connectivity index (χ2v) is 8.38. The quantitative estimate of drug-likeness (QED) is 0.763. The zero-order valence-corrected chi connectivity index (χ0v) is 16.5. The van der Waals surface area contributed by atoms with E-state index in [9.17, 15) is 0 Å². The molecule has 2 aromatic rings. The highest BCUT2D eigenvalue weighted by atomic mass is 16.7. The van der Waals surface area contributed by atoms with E-state index in [-0.39, 0.29) is 12.2 Å². The summed E-state index contributed by atoms with van der Waals surface area (Å²) in [5.74, 6) is 1.80. The minimum absolute atomic E-state index is 0.0975. The lowest BCUT2D eigenvalue weighted by Gasteiger charge is -2.32. The van der Waals surface area contributed by atoms with Gasteiger partial charge in [-0.25, -0.2) is 4.99 Å². The van der Waals surface area contributed by atoms with E-state index >= 15 is 0 Å². The molecule has 28 heavy (non-hydrogen) atoms. The first-order valence-corrected chi connectivity index (χ1v) is 9.35. The molecule has 0 aromatic heterocycles. The summed E-state index contributed by atoms with van der Waals surface area (Å²) in [6.07, 6.45) is 2.46. The second-order valence-electron chi connectivity index (χ2n) is 8.38. The number of ether oxygens (including phenoxy) is 2. The Bertz CT molecular complexity index is 957. The van der Waals surface area contributed by atoms with Gasteiger partial charge in [-0.3, -0.25) is 0 Å². The molecule has 0 amide bonds. The molecule has 0 aliphatic carbocycles. The van der Waals surface area contributed by atoms with Crippen LogP contribution in [0, 0.1) is 0 Å². The Hall–Kier alpha value is -2.99. The molecule has 4 rings (SSSR count). The molecule has 1 unspecified atom stereocenters. The molecule has 0 bridgehead atoms. The van der Waals surface area contributed by atoms with Crippen molar-refractivity contribution in [3.05, 3.63) is 65.2 Å². The van der Waals surface area contributed by atoms with Crippen LogP contribution in [0.4, 0.5) is 0 Å². The topological polar surface area (TPSA) is 94.9 Å². The number of nitrogens with one attached hydrogen (secondary N) is 1. The number of fused-ring (bicyclic) bond motifs is 1. The van der Waals surface area contributed by atoms with Gasteiger partial charge >= 0.3 is 0 Å². The van der Waals surface area contributed by atoms with E-state index in [1.807, 2.05) is 24.3 Å². The van der Waals surface area contributed by atoms with Crippen LogP contribution in [0.1, 0.15) is 37.5 Å². The van der Waals surface area contributed by atoms with Crippen molar-refractivity contribution in [2.45, 2.75) is 38.3 Å². The van der Waals surface area contributed by atoms with Crippen molar-refractivity contribution >= 4 is 11.7 Å². The number of aliphatic imine (C=N–C) groups is 1. The molecule has 0 spiro atoms. The summed E-state index contributed by atoms with van der Waals surface area (Å²) < 4.78 is 10.8. The number of benzene rings is 2. The molecule has 0 saturated heterocycles. The van der Waals surface area contributed by atoms with Crippen LogP contribution in [0.15, 0.2) is 53.5 Å². The van der Waals surface area contributed by atoms with Crippen LogP contribution in [-0.4, -0.2) is 18.4 Å². The first kappa shape index (κ1) is 18.4. The molecular weight excluding hydrogens is 352 g/mol. The third kappa shape index (κ3) is 3.68. The van der Waals surface area contributed by atoms with Crippen LogP contribution < -0.4 is 26.3 Å². The van der Waals surface area contributed by atoms with Crippen molar-refractivity contribution < 1.29 is 9.47 Å². The summed E-state index contributed by atoms with van der Waals surface area (Å²) in [5.41, 5.74) is 16.0. The van der Waals surface area contributed by atoms with Crippen molar-refractivity contribution in [1.82, 2.24) is 5.32 Å². The van der Waals surface area contributed by atoms with Gasteiger partial charge in [0, 0.05) is 12.0 Å². The van der Waals surface area contributed by atoms with Crippen molar-refractivity contribution in [3.8, 4) is 11.5 Å². The number of nitrogens with zero attached hydrogens (tertiary/aromatic N) is 1. The molecule has 6 heteroatoms. The lowest BCUT2D eigenvalue weighted by Crippen LogP contribution is -2.59. The average Bonchev–Trinajstić information content (AvgIpc) is 3.07. The van der Waals surface area contributed by atoms with Crippen molar-refractivity contribution in [2.24, 2.45) is 16.5 Å². The molecule has 0 fully saturated rings. The predicted octanol–water partition coefficient (Wildman–Crippen LogP) is 2.87. The van der Waals surface area contributed by atoms with Gasteiger partial charge in [0.15, 0.2) is 17.5 Å². The lowest BCUT2D eigenvalue weighted by molar-refractivity contribution is 0.174. The van der Waals surface area contributed by atoms with Gasteiger partial charge in [0.05, 0.1) is 5.70 Å². The monoisotopic (exact) mass is 378 g/mol. The van der Waals surface area contributed by atoms with Crippen molar-refractivity contribution in [3.63, 3.8) is 0 Å². The van der Waals surface area contributed by atoms with Gasteiger partial charge in [0.2, 0.25) is 6.79 Å². The molecule has 2 aliphatic rings. The fourth-order valence-electron chi connectivity index (χ4n) is 3.48. The zero-order chi connectivity index (χ0) is 19.9. The summed E-state index contributed by atoms with van der Waals surface area (Å²) in [6, 6.07) is 14.2. The van der Waals surface area contributed by atoms with Gasteiger partial charge in [-0.2, -0.15) is 0 Å². The maximum atomic E-state index is 6.63. The van der Waals surface area contributed by atoms with Crippen molar-refractivity contribution in [2.75, 3.05) is 6.79 Å². The highest BCUT2D eigenvalue weighted by Crippen LogP contribution is 2.34. The van der Waals surface area contributed by atoms with E-state index in [1.54, 1.807) is 0 Å². The lowest BCUT2D eigenvalue weighted by atomic mass is 9.86. The van der Waals surface area contributed by atoms with Crippen LogP contribution in [0.2, 0.25) is 0 Å². The molecule has 6 nitrogen and oxygen atoms in total. The molecule has 146 valence electrons. The first-order valence-electron chi connectivity index (χ1n) is 9.35. The standard InChI is InChI=1S/C22H26N4O2/c1-21(2,3)16-7-5-15(6-8-16)17-12-22(24,26-20(23)25-17)11-14-4-9-18-19(10-14)28-13-27-18/h4-10,12H,11,13,24H2,1-3H3,(H3,23,25,26). The largest absolute Gasteiger partial charge is 0.454 e. The summed E-state index contributed by atoms with van der Waals surface area (Å²) in [5, 5.41) is 3.10. The molecule has 2 aliphatic heterocycles. The summed E-state index contributed by atoms with van der Waals surface area (Å²) in [4.78, 5) is 4.46. The minimum atomic E-state index is -0.850. The maximum Gasteiger partial charge on any atom is 0.231 e. The summed E-state index contributed by atoms with van der Waals surface area (Å²) in [7, 11) is 0. The van der Waals surface area contributed by atoms with E-state index in [4.69, 9.17) is 20.9 Å². The van der Waals surface area contributed by atoms with E-state index in [1.165, 1.54) is 5.56 Å². The molecular formula is C22H26N4O2. The number of nitrogens with two attached hydrogens (primary N) is 2. The number of hydrogen-bond donors (Lipinski definition) is 3. The Balaban J connectivity index is 1.61. The number of guanidine groups is 1. The fourth-order valence-corrected chi connectivity index (χ4v) is 3.48. The predicted molar refractivity (Wildman–Crippen MR) is 111 cm³/mol. The van der Waals surface area contributed by atoms with Gasteiger partial charge in [-0.05, 0) is 34.8 Å². The van der Waals surface area contributed by atoms with E-state index in [0.717, 1.165) is 28.3 Å². The van der Waals surface area contributed by atoms with Crippen LogP contribution in [0.25, 0.3) is 5.70 Å². The Morgan fingerprint density at radius 3 is 2.50 bits per heavy atom. The van der Waals surface area contributed by atoms with Crippen LogP contribution in [0.3, 0.4) is 0 Å². The molecule has 2 heterocycles. The van der Waals surface area contributed by atoms with Gasteiger partial charge in [-0.1, -0.05) is 51.1 Å². The second kappa shape index (κ2) is 6.56. The number of hydrogen-bond acceptors (Lipinski definition) is 6. The van der Waals surface area contributed by atoms with Gasteiger partial charge < -0.3 is 26.3 Å².